The molecule has 0 saturated carbocycles. The molecule has 0 aliphatic carbocycles. The Bertz CT molecular complexity index is 842. The predicted octanol–water partition coefficient (Wildman–Crippen LogP) is 4.15. The lowest BCUT2D eigenvalue weighted by molar-refractivity contribution is -0.137. The molecule has 0 saturated heterocycles. The van der Waals surface area contributed by atoms with Crippen LogP contribution in [0, 0.1) is 6.92 Å². The molecular weight excluding hydrogens is 353 g/mol. The summed E-state index contributed by atoms with van der Waals surface area (Å²) < 4.78 is 43.0. The van der Waals surface area contributed by atoms with Crippen LogP contribution in [-0.2, 0) is 19.3 Å². The lowest BCUT2D eigenvalue weighted by atomic mass is 10.1. The molecule has 0 amide bonds. The molecule has 2 heterocycles. The van der Waals surface area contributed by atoms with Gasteiger partial charge in [0.05, 0.1) is 17.1 Å². The van der Waals surface area contributed by atoms with Crippen molar-refractivity contribution in [1.82, 2.24) is 20.0 Å². The minimum absolute atomic E-state index is 0.269. The summed E-state index contributed by atoms with van der Waals surface area (Å²) in [7, 11) is 1.91. The van der Waals surface area contributed by atoms with Gasteiger partial charge in [-0.25, -0.2) is 4.98 Å². The van der Waals surface area contributed by atoms with Crippen LogP contribution < -0.4 is 0 Å². The highest BCUT2D eigenvalue weighted by atomic mass is 32.1. The van der Waals surface area contributed by atoms with Gasteiger partial charge in [0.25, 0.3) is 0 Å². The summed E-state index contributed by atoms with van der Waals surface area (Å²) >= 11 is 1.62. The van der Waals surface area contributed by atoms with Crippen LogP contribution in [0.2, 0.25) is 0 Å². The summed E-state index contributed by atoms with van der Waals surface area (Å²) in [5.41, 5.74) is -0.233. The van der Waals surface area contributed by atoms with Gasteiger partial charge in [0.1, 0.15) is 0 Å². The van der Waals surface area contributed by atoms with Gasteiger partial charge in [0.15, 0.2) is 0 Å². The van der Waals surface area contributed by atoms with E-state index in [0.29, 0.717) is 24.5 Å². The molecule has 0 unspecified atom stereocenters. The zero-order valence-corrected chi connectivity index (χ0v) is 14.4. The van der Waals surface area contributed by atoms with Crippen LogP contribution in [0.1, 0.15) is 21.3 Å². The molecule has 0 atom stereocenters. The fraction of sp³-hybridized carbons (Fsp3) is 0.312. The van der Waals surface area contributed by atoms with Crippen LogP contribution in [0.5, 0.6) is 0 Å². The van der Waals surface area contributed by atoms with Crippen LogP contribution in [0.3, 0.4) is 0 Å². The average Bonchev–Trinajstić information content (AvgIpc) is 3.16. The van der Waals surface area contributed by atoms with Gasteiger partial charge in [0, 0.05) is 23.2 Å². The predicted molar refractivity (Wildman–Crippen MR) is 86.8 cm³/mol. The first kappa shape index (κ1) is 17.6. The number of nitrogens with zero attached hydrogens (tertiary/aromatic N) is 4. The van der Waals surface area contributed by atoms with Crippen LogP contribution in [-0.4, -0.2) is 27.1 Å². The molecule has 3 aromatic rings. The molecule has 0 radical (unpaired) electrons. The van der Waals surface area contributed by atoms with Crippen molar-refractivity contribution >= 4 is 11.3 Å². The molecule has 132 valence electrons. The van der Waals surface area contributed by atoms with Crippen molar-refractivity contribution in [3.63, 3.8) is 0 Å². The van der Waals surface area contributed by atoms with Gasteiger partial charge in [-0.1, -0.05) is 17.3 Å². The first-order valence-corrected chi connectivity index (χ1v) is 8.23. The molecule has 2 aromatic heterocycles. The molecular formula is C16H15F3N4OS. The third-order valence-electron chi connectivity index (χ3n) is 3.44. The first-order valence-electron chi connectivity index (χ1n) is 7.41. The van der Waals surface area contributed by atoms with Gasteiger partial charge < -0.3 is 4.52 Å². The molecule has 5 nitrogen and oxygen atoms in total. The molecule has 0 bridgehead atoms. The Labute approximate surface area is 146 Å². The van der Waals surface area contributed by atoms with E-state index in [9.17, 15) is 13.2 Å². The van der Waals surface area contributed by atoms with Gasteiger partial charge in [-0.05, 0) is 26.1 Å². The summed E-state index contributed by atoms with van der Waals surface area (Å²) in [5, 5.41) is 4.84. The van der Waals surface area contributed by atoms with E-state index in [1.165, 1.54) is 12.1 Å². The smallest absolute Gasteiger partial charge is 0.338 e. The van der Waals surface area contributed by atoms with Crippen molar-refractivity contribution in [2.45, 2.75) is 26.2 Å². The maximum Gasteiger partial charge on any atom is 0.416 e. The Morgan fingerprint density at radius 3 is 2.48 bits per heavy atom. The first-order chi connectivity index (χ1) is 11.8. The molecule has 0 spiro atoms. The number of halogens is 3. The zero-order valence-electron chi connectivity index (χ0n) is 13.5. The van der Waals surface area contributed by atoms with E-state index >= 15 is 0 Å². The molecule has 9 heteroatoms. The average molecular weight is 368 g/mol. The second-order valence-corrected chi connectivity index (χ2v) is 6.92. The van der Waals surface area contributed by atoms with E-state index in [1.807, 2.05) is 25.1 Å². The number of alkyl halides is 3. The highest BCUT2D eigenvalue weighted by Crippen LogP contribution is 2.30. The maximum atomic E-state index is 12.6. The monoisotopic (exact) mass is 368 g/mol. The van der Waals surface area contributed by atoms with Crippen molar-refractivity contribution in [2.24, 2.45) is 0 Å². The number of aromatic nitrogens is 3. The van der Waals surface area contributed by atoms with Gasteiger partial charge >= 0.3 is 6.18 Å². The molecule has 3 rings (SSSR count). The molecule has 25 heavy (non-hydrogen) atoms. The van der Waals surface area contributed by atoms with Crippen LogP contribution in [0.4, 0.5) is 13.2 Å². The molecule has 0 fully saturated rings. The largest absolute Gasteiger partial charge is 0.416 e. The van der Waals surface area contributed by atoms with Gasteiger partial charge in [-0.15, -0.1) is 11.3 Å². The number of hydrogen-bond acceptors (Lipinski definition) is 6. The number of thiazole rings is 1. The molecule has 1 aromatic carbocycles. The van der Waals surface area contributed by atoms with Crippen molar-refractivity contribution in [1.29, 1.82) is 0 Å². The minimum Gasteiger partial charge on any atom is -0.338 e. The highest BCUT2D eigenvalue weighted by Gasteiger charge is 2.30. The number of aryl methyl sites for hydroxylation is 1. The lowest BCUT2D eigenvalue weighted by Crippen LogP contribution is -2.16. The quantitative estimate of drug-likeness (QED) is 0.677. The van der Waals surface area contributed by atoms with Gasteiger partial charge in [0.2, 0.25) is 11.7 Å². The topological polar surface area (TPSA) is 55.1 Å². The van der Waals surface area contributed by atoms with E-state index in [4.69, 9.17) is 4.52 Å². The summed E-state index contributed by atoms with van der Waals surface area (Å²) in [5.74, 6) is 0.671. The van der Waals surface area contributed by atoms with E-state index in [-0.39, 0.29) is 5.82 Å². The van der Waals surface area contributed by atoms with E-state index < -0.39 is 11.7 Å². The van der Waals surface area contributed by atoms with Gasteiger partial charge in [-0.2, -0.15) is 18.2 Å². The summed E-state index contributed by atoms with van der Waals surface area (Å²) in [6, 6.07) is 4.68. The number of benzene rings is 1. The number of rotatable bonds is 5. The minimum atomic E-state index is -4.36. The van der Waals surface area contributed by atoms with Crippen LogP contribution in [0.25, 0.3) is 11.4 Å². The fourth-order valence-corrected chi connectivity index (χ4v) is 3.15. The number of hydrogen-bond donors (Lipinski definition) is 0. The Hall–Kier alpha value is -2.26. The lowest BCUT2D eigenvalue weighted by Gasteiger charge is -2.11. The Morgan fingerprint density at radius 1 is 1.16 bits per heavy atom. The van der Waals surface area contributed by atoms with E-state index in [0.717, 1.165) is 22.0 Å². The van der Waals surface area contributed by atoms with Crippen LogP contribution >= 0.6 is 11.3 Å². The summed E-state index contributed by atoms with van der Waals surface area (Å²) in [4.78, 5) is 11.6. The third kappa shape index (κ3) is 4.43. The summed E-state index contributed by atoms with van der Waals surface area (Å²) in [6.07, 6.45) is -2.53. The zero-order chi connectivity index (χ0) is 18.0. The van der Waals surface area contributed by atoms with Crippen molar-refractivity contribution in [2.75, 3.05) is 7.05 Å². The Kier molecular flexibility index (Phi) is 4.87. The van der Waals surface area contributed by atoms with Crippen molar-refractivity contribution < 1.29 is 17.7 Å². The normalized spacial score (nSPS) is 12.1. The van der Waals surface area contributed by atoms with E-state index in [1.54, 1.807) is 11.3 Å². The fourth-order valence-electron chi connectivity index (χ4n) is 2.28. The molecule has 0 N–H and O–H groups in total. The van der Waals surface area contributed by atoms with Crippen molar-refractivity contribution in [3.05, 3.63) is 51.8 Å². The van der Waals surface area contributed by atoms with E-state index in [2.05, 4.69) is 15.1 Å². The molecule has 0 aliphatic rings. The summed E-state index contributed by atoms with van der Waals surface area (Å²) in [6.45, 7) is 3.08. The Morgan fingerprint density at radius 2 is 1.88 bits per heavy atom. The Balaban J connectivity index is 1.65. The second kappa shape index (κ2) is 6.93. The SMILES string of the molecule is Cc1ncc(CN(C)Cc2nc(-c3ccc(C(F)(F)F)cc3)no2)s1. The van der Waals surface area contributed by atoms with Crippen LogP contribution in [0.15, 0.2) is 35.0 Å². The van der Waals surface area contributed by atoms with Gasteiger partial charge in [-0.3, -0.25) is 4.90 Å². The second-order valence-electron chi connectivity index (χ2n) is 5.60. The molecule has 0 aliphatic heterocycles. The third-order valence-corrected chi connectivity index (χ3v) is 4.34. The standard InChI is InChI=1S/C16H15F3N4OS/c1-10-20-7-13(25-10)8-23(2)9-14-21-15(22-24-14)11-3-5-12(6-4-11)16(17,18)19/h3-7H,8-9H2,1-2H3. The highest BCUT2D eigenvalue weighted by molar-refractivity contribution is 7.11. The van der Waals surface area contributed by atoms with Crippen molar-refractivity contribution in [3.8, 4) is 11.4 Å². The maximum absolute atomic E-state index is 12.6.